The number of aromatic nitrogens is 2. The van der Waals surface area contributed by atoms with Crippen LogP contribution in [0.2, 0.25) is 0 Å². The average molecular weight is 352 g/mol. The minimum Gasteiger partial charge on any atom is -0.367 e. The molecule has 1 aromatic carbocycles. The highest BCUT2D eigenvalue weighted by molar-refractivity contribution is 6.31. The summed E-state index contributed by atoms with van der Waals surface area (Å²) in [5.41, 5.74) is 10.00. The summed E-state index contributed by atoms with van der Waals surface area (Å²) in [5.74, 6) is -0.457. The van der Waals surface area contributed by atoms with Crippen molar-refractivity contribution in [3.63, 3.8) is 0 Å². The molecule has 0 saturated carbocycles. The minimum absolute atomic E-state index is 0.0159. The third-order valence-corrected chi connectivity index (χ3v) is 4.29. The number of carbonyl (C=O) groups excluding carboxylic acids is 1. The molecule has 0 bridgehead atoms. The standard InChI is InChI=1S/C18H14ClN5O/c19-12-5-13-14(7-23-18(13)22-6-12)16-9-21-8-15(24-16)10-1-3-11(4-2-10)17(20)25/h1-9,18,22-23H,(H2,20,25). The van der Waals surface area contributed by atoms with Crippen molar-refractivity contribution in [1.82, 2.24) is 20.6 Å². The quantitative estimate of drug-likeness (QED) is 0.787. The first-order chi connectivity index (χ1) is 12.1. The van der Waals surface area contributed by atoms with Crippen LogP contribution in [0.4, 0.5) is 0 Å². The smallest absolute Gasteiger partial charge is 0.248 e. The number of rotatable bonds is 3. The van der Waals surface area contributed by atoms with Crippen LogP contribution in [0, 0.1) is 0 Å². The number of hydrogen-bond acceptors (Lipinski definition) is 5. The molecule has 0 aliphatic carbocycles. The minimum atomic E-state index is -0.457. The van der Waals surface area contributed by atoms with Crippen LogP contribution in [-0.4, -0.2) is 22.0 Å². The van der Waals surface area contributed by atoms with Crippen molar-refractivity contribution in [2.45, 2.75) is 6.17 Å². The number of nitrogens with zero attached hydrogens (tertiary/aromatic N) is 2. The first-order valence-electron chi connectivity index (χ1n) is 7.64. The van der Waals surface area contributed by atoms with Crippen LogP contribution in [0.5, 0.6) is 0 Å². The van der Waals surface area contributed by atoms with Crippen LogP contribution in [0.25, 0.3) is 16.8 Å². The Labute approximate surface area is 149 Å². The molecule has 1 atom stereocenters. The van der Waals surface area contributed by atoms with Crippen LogP contribution in [-0.2, 0) is 0 Å². The Hall–Kier alpha value is -3.12. The van der Waals surface area contributed by atoms with Gasteiger partial charge in [-0.1, -0.05) is 23.7 Å². The predicted octanol–water partition coefficient (Wildman–Crippen LogP) is 2.12. The van der Waals surface area contributed by atoms with Crippen molar-refractivity contribution >= 4 is 23.1 Å². The number of nitrogens with two attached hydrogens (primary N) is 1. The molecule has 7 heteroatoms. The molecule has 25 heavy (non-hydrogen) atoms. The van der Waals surface area contributed by atoms with Crippen molar-refractivity contribution in [2.24, 2.45) is 5.73 Å². The van der Waals surface area contributed by atoms with Gasteiger partial charge in [0.15, 0.2) is 0 Å². The lowest BCUT2D eigenvalue weighted by molar-refractivity contribution is 0.100. The SMILES string of the molecule is NC(=O)c1ccc(-c2cncc(C3=CNC4NC=C(Cl)C=C34)n2)cc1. The zero-order valence-electron chi connectivity index (χ0n) is 13.0. The molecular weight excluding hydrogens is 338 g/mol. The molecule has 1 amide bonds. The van der Waals surface area contributed by atoms with E-state index in [1.165, 1.54) is 0 Å². The normalized spacial score (nSPS) is 18.3. The summed E-state index contributed by atoms with van der Waals surface area (Å²) in [6, 6.07) is 6.96. The molecule has 2 aliphatic rings. The molecule has 0 radical (unpaired) electrons. The van der Waals surface area contributed by atoms with Gasteiger partial charge in [0, 0.05) is 34.7 Å². The Morgan fingerprint density at radius 1 is 1.08 bits per heavy atom. The van der Waals surface area contributed by atoms with Gasteiger partial charge in [-0.3, -0.25) is 9.78 Å². The summed E-state index contributed by atoms with van der Waals surface area (Å²) in [6.45, 7) is 0. The topological polar surface area (TPSA) is 92.9 Å². The average Bonchev–Trinajstić information content (AvgIpc) is 3.05. The highest BCUT2D eigenvalue weighted by Crippen LogP contribution is 2.31. The fraction of sp³-hybridized carbons (Fsp3) is 0.0556. The predicted molar refractivity (Wildman–Crippen MR) is 96.0 cm³/mol. The van der Waals surface area contributed by atoms with E-state index in [-0.39, 0.29) is 6.17 Å². The Balaban J connectivity index is 1.68. The highest BCUT2D eigenvalue weighted by Gasteiger charge is 2.26. The number of primary amides is 1. The Bertz CT molecular complexity index is 946. The van der Waals surface area contributed by atoms with E-state index in [1.54, 1.807) is 42.9 Å². The third kappa shape index (κ3) is 2.88. The van der Waals surface area contributed by atoms with Crippen molar-refractivity contribution in [3.05, 3.63) is 77.0 Å². The van der Waals surface area contributed by atoms with Gasteiger partial charge >= 0.3 is 0 Å². The van der Waals surface area contributed by atoms with Gasteiger partial charge in [-0.05, 0) is 18.2 Å². The van der Waals surface area contributed by atoms with E-state index in [1.807, 2.05) is 12.3 Å². The highest BCUT2D eigenvalue weighted by atomic mass is 35.5. The van der Waals surface area contributed by atoms with E-state index in [9.17, 15) is 4.79 Å². The fourth-order valence-electron chi connectivity index (χ4n) is 2.81. The summed E-state index contributed by atoms with van der Waals surface area (Å²) >= 11 is 6.10. The van der Waals surface area contributed by atoms with E-state index in [0.717, 1.165) is 22.4 Å². The number of hydrogen-bond donors (Lipinski definition) is 3. The second-order valence-electron chi connectivity index (χ2n) is 5.68. The van der Waals surface area contributed by atoms with Gasteiger partial charge < -0.3 is 16.4 Å². The summed E-state index contributed by atoms with van der Waals surface area (Å²) in [7, 11) is 0. The van der Waals surface area contributed by atoms with Gasteiger partial charge in [-0.15, -0.1) is 0 Å². The number of halogens is 1. The van der Waals surface area contributed by atoms with Gasteiger partial charge in [-0.2, -0.15) is 0 Å². The zero-order chi connectivity index (χ0) is 17.4. The second-order valence-corrected chi connectivity index (χ2v) is 6.12. The van der Waals surface area contributed by atoms with Gasteiger partial charge in [0.1, 0.15) is 6.17 Å². The molecule has 124 valence electrons. The van der Waals surface area contributed by atoms with E-state index in [2.05, 4.69) is 15.6 Å². The number of allylic oxidation sites excluding steroid dienone is 2. The van der Waals surface area contributed by atoms with E-state index in [0.29, 0.717) is 16.3 Å². The molecule has 4 N–H and O–H groups in total. The number of dihydropyridines is 1. The maximum absolute atomic E-state index is 11.2. The lowest BCUT2D eigenvalue weighted by atomic mass is 10.0. The first kappa shape index (κ1) is 15.4. The maximum atomic E-state index is 11.2. The first-order valence-corrected chi connectivity index (χ1v) is 8.02. The third-order valence-electron chi connectivity index (χ3n) is 4.07. The largest absolute Gasteiger partial charge is 0.367 e. The Morgan fingerprint density at radius 2 is 1.80 bits per heavy atom. The molecule has 2 aliphatic heterocycles. The summed E-state index contributed by atoms with van der Waals surface area (Å²) in [4.78, 5) is 20.2. The van der Waals surface area contributed by atoms with E-state index >= 15 is 0 Å². The molecular formula is C18H14ClN5O. The molecule has 3 heterocycles. The lowest BCUT2D eigenvalue weighted by Crippen LogP contribution is -2.36. The van der Waals surface area contributed by atoms with Crippen molar-refractivity contribution < 1.29 is 4.79 Å². The second kappa shape index (κ2) is 6.07. The number of benzene rings is 1. The molecule has 1 aromatic heterocycles. The van der Waals surface area contributed by atoms with Crippen molar-refractivity contribution in [1.29, 1.82) is 0 Å². The summed E-state index contributed by atoms with van der Waals surface area (Å²) in [5, 5.41) is 7.05. The molecule has 2 aromatic rings. The molecule has 0 saturated heterocycles. The van der Waals surface area contributed by atoms with E-state index < -0.39 is 5.91 Å². The zero-order valence-corrected chi connectivity index (χ0v) is 13.8. The Kier molecular flexibility index (Phi) is 3.74. The van der Waals surface area contributed by atoms with E-state index in [4.69, 9.17) is 22.3 Å². The molecule has 0 fully saturated rings. The monoisotopic (exact) mass is 351 g/mol. The summed E-state index contributed by atoms with van der Waals surface area (Å²) < 4.78 is 0. The fourth-order valence-corrected chi connectivity index (χ4v) is 2.99. The number of nitrogens with one attached hydrogen (secondary N) is 2. The number of carbonyl (C=O) groups is 1. The van der Waals surface area contributed by atoms with Gasteiger partial charge in [0.2, 0.25) is 5.91 Å². The number of fused-ring (bicyclic) bond motifs is 1. The van der Waals surface area contributed by atoms with Crippen LogP contribution in [0.3, 0.4) is 0 Å². The van der Waals surface area contributed by atoms with Gasteiger partial charge in [0.05, 0.1) is 28.8 Å². The molecule has 4 rings (SSSR count). The maximum Gasteiger partial charge on any atom is 0.248 e. The van der Waals surface area contributed by atoms with Gasteiger partial charge in [0.25, 0.3) is 0 Å². The molecule has 0 spiro atoms. The van der Waals surface area contributed by atoms with Crippen LogP contribution in [0.15, 0.2) is 65.7 Å². The van der Waals surface area contributed by atoms with Crippen LogP contribution in [0.1, 0.15) is 16.1 Å². The van der Waals surface area contributed by atoms with Crippen LogP contribution >= 0.6 is 11.6 Å². The lowest BCUT2D eigenvalue weighted by Gasteiger charge is -2.19. The van der Waals surface area contributed by atoms with Crippen molar-refractivity contribution in [3.8, 4) is 11.3 Å². The summed E-state index contributed by atoms with van der Waals surface area (Å²) in [6.07, 6.45) is 8.94. The molecule has 1 unspecified atom stereocenters. The Morgan fingerprint density at radius 3 is 2.56 bits per heavy atom. The van der Waals surface area contributed by atoms with Gasteiger partial charge in [-0.25, -0.2) is 4.98 Å². The molecule has 6 nitrogen and oxygen atoms in total. The van der Waals surface area contributed by atoms with Crippen LogP contribution < -0.4 is 16.4 Å². The number of amides is 1. The van der Waals surface area contributed by atoms with Crippen molar-refractivity contribution in [2.75, 3.05) is 0 Å².